The summed E-state index contributed by atoms with van der Waals surface area (Å²) >= 11 is 3.51. The van der Waals surface area contributed by atoms with Crippen LogP contribution in [0, 0.1) is 6.92 Å². The first kappa shape index (κ1) is 13.0. The van der Waals surface area contributed by atoms with Crippen molar-refractivity contribution in [1.29, 1.82) is 0 Å². The summed E-state index contributed by atoms with van der Waals surface area (Å²) in [4.78, 5) is 4.53. The fraction of sp³-hybridized carbons (Fsp3) is 0.357. The molecule has 1 N–H and O–H groups in total. The zero-order valence-corrected chi connectivity index (χ0v) is 12.6. The number of thioether (sulfide) groups is 1. The van der Waals surface area contributed by atoms with Gasteiger partial charge in [0.1, 0.15) is 12.4 Å². The second kappa shape index (κ2) is 5.53. The largest absolute Gasteiger partial charge is 0.492 e. The maximum Gasteiger partial charge on any atom is 0.150 e. The Hall–Kier alpha value is -1.04. The summed E-state index contributed by atoms with van der Waals surface area (Å²) in [6, 6.07) is 8.56. The maximum absolute atomic E-state index is 5.86. The standard InChI is InChI=1S/C14H16N2OS2/c1-9-8-18-14(16-9)19-12-7-17-11-6-4-3-5-10(11)13(12)15-2/h3-6,8,12-13,15H,7H2,1-2H3. The molecule has 0 bridgehead atoms. The van der Waals surface area contributed by atoms with Gasteiger partial charge in [0, 0.05) is 16.6 Å². The Balaban J connectivity index is 1.84. The van der Waals surface area contributed by atoms with Crippen molar-refractivity contribution in [1.82, 2.24) is 10.3 Å². The molecular weight excluding hydrogens is 276 g/mol. The van der Waals surface area contributed by atoms with Gasteiger partial charge in [-0.15, -0.1) is 11.3 Å². The topological polar surface area (TPSA) is 34.1 Å². The quantitative estimate of drug-likeness (QED) is 0.941. The number of para-hydroxylation sites is 1. The van der Waals surface area contributed by atoms with Crippen molar-refractivity contribution in [2.24, 2.45) is 0 Å². The number of aryl methyl sites for hydroxylation is 1. The van der Waals surface area contributed by atoms with Crippen LogP contribution in [-0.4, -0.2) is 23.9 Å². The lowest BCUT2D eigenvalue weighted by Gasteiger charge is -2.32. The summed E-state index contributed by atoms with van der Waals surface area (Å²) in [5, 5.41) is 5.86. The molecule has 1 aliphatic heterocycles. The van der Waals surface area contributed by atoms with Crippen LogP contribution in [0.4, 0.5) is 0 Å². The molecule has 3 rings (SSSR count). The van der Waals surface area contributed by atoms with Crippen molar-refractivity contribution in [2.75, 3.05) is 13.7 Å². The van der Waals surface area contributed by atoms with Crippen LogP contribution in [0.5, 0.6) is 5.75 Å². The number of ether oxygens (including phenoxy) is 1. The fourth-order valence-electron chi connectivity index (χ4n) is 2.30. The predicted octanol–water partition coefficient (Wildman–Crippen LogP) is 3.27. The minimum Gasteiger partial charge on any atom is -0.492 e. The molecule has 0 saturated heterocycles. The minimum absolute atomic E-state index is 0.305. The molecule has 1 aromatic carbocycles. The number of nitrogens with zero attached hydrogens (tertiary/aromatic N) is 1. The van der Waals surface area contributed by atoms with E-state index >= 15 is 0 Å². The first-order chi connectivity index (χ1) is 9.28. The van der Waals surface area contributed by atoms with Gasteiger partial charge >= 0.3 is 0 Å². The molecule has 0 radical (unpaired) electrons. The van der Waals surface area contributed by atoms with Crippen LogP contribution in [-0.2, 0) is 0 Å². The van der Waals surface area contributed by atoms with E-state index in [0.29, 0.717) is 17.9 Å². The molecule has 0 amide bonds. The molecule has 0 saturated carbocycles. The number of rotatable bonds is 3. The lowest BCUT2D eigenvalue weighted by Crippen LogP contribution is -2.35. The predicted molar refractivity (Wildman–Crippen MR) is 80.2 cm³/mol. The highest BCUT2D eigenvalue weighted by molar-refractivity contribution is 8.01. The van der Waals surface area contributed by atoms with E-state index < -0.39 is 0 Å². The van der Waals surface area contributed by atoms with E-state index in [-0.39, 0.29) is 0 Å². The monoisotopic (exact) mass is 292 g/mol. The zero-order chi connectivity index (χ0) is 13.2. The minimum atomic E-state index is 0.305. The molecular formula is C14H16N2OS2. The van der Waals surface area contributed by atoms with Crippen LogP contribution in [0.1, 0.15) is 17.3 Å². The van der Waals surface area contributed by atoms with E-state index in [1.54, 1.807) is 23.1 Å². The number of benzene rings is 1. The third-order valence-corrected chi connectivity index (χ3v) is 5.52. The van der Waals surface area contributed by atoms with Gasteiger partial charge in [-0.05, 0) is 20.0 Å². The summed E-state index contributed by atoms with van der Waals surface area (Å²) in [7, 11) is 2.01. The highest BCUT2D eigenvalue weighted by atomic mass is 32.2. The van der Waals surface area contributed by atoms with Crippen LogP contribution < -0.4 is 10.1 Å². The highest BCUT2D eigenvalue weighted by Gasteiger charge is 2.31. The van der Waals surface area contributed by atoms with Gasteiger partial charge in [-0.25, -0.2) is 4.98 Å². The molecule has 1 aliphatic rings. The summed E-state index contributed by atoms with van der Waals surface area (Å²) < 4.78 is 6.98. The summed E-state index contributed by atoms with van der Waals surface area (Å²) in [6.45, 7) is 2.74. The van der Waals surface area contributed by atoms with Crippen LogP contribution in [0.3, 0.4) is 0 Å². The molecule has 3 nitrogen and oxygen atoms in total. The number of hydrogen-bond acceptors (Lipinski definition) is 5. The Morgan fingerprint density at radius 2 is 2.26 bits per heavy atom. The molecule has 100 valence electrons. The molecule has 0 fully saturated rings. The first-order valence-corrected chi connectivity index (χ1v) is 8.01. The average Bonchev–Trinajstić information content (AvgIpc) is 2.84. The number of hydrogen-bond donors (Lipinski definition) is 1. The Morgan fingerprint density at radius 3 is 3.00 bits per heavy atom. The van der Waals surface area contributed by atoms with Crippen LogP contribution in [0.2, 0.25) is 0 Å². The van der Waals surface area contributed by atoms with Gasteiger partial charge < -0.3 is 10.1 Å². The Labute approximate surface area is 121 Å². The van der Waals surface area contributed by atoms with Crippen molar-refractivity contribution in [3.63, 3.8) is 0 Å². The van der Waals surface area contributed by atoms with Crippen molar-refractivity contribution in [2.45, 2.75) is 22.6 Å². The lowest BCUT2D eigenvalue weighted by molar-refractivity contribution is 0.265. The van der Waals surface area contributed by atoms with Crippen molar-refractivity contribution >= 4 is 23.1 Å². The molecule has 1 aromatic heterocycles. The van der Waals surface area contributed by atoms with Crippen LogP contribution in [0.25, 0.3) is 0 Å². The molecule has 2 atom stereocenters. The Kier molecular flexibility index (Phi) is 3.77. The maximum atomic E-state index is 5.86. The van der Waals surface area contributed by atoms with E-state index in [0.717, 1.165) is 15.8 Å². The fourth-order valence-corrected chi connectivity index (χ4v) is 4.57. The van der Waals surface area contributed by atoms with Crippen LogP contribution >= 0.6 is 23.1 Å². The Bertz CT molecular complexity index is 570. The number of aromatic nitrogens is 1. The molecule has 2 unspecified atom stereocenters. The van der Waals surface area contributed by atoms with Gasteiger partial charge in [-0.2, -0.15) is 0 Å². The summed E-state index contributed by atoms with van der Waals surface area (Å²) in [5.41, 5.74) is 2.33. The molecule has 0 aliphatic carbocycles. The van der Waals surface area contributed by atoms with Crippen molar-refractivity contribution in [3.8, 4) is 5.75 Å². The van der Waals surface area contributed by atoms with Gasteiger partial charge in [0.2, 0.25) is 0 Å². The number of fused-ring (bicyclic) bond motifs is 1. The summed E-state index contributed by atoms with van der Waals surface area (Å²) in [6.07, 6.45) is 0. The third-order valence-electron chi connectivity index (χ3n) is 3.19. The Morgan fingerprint density at radius 1 is 1.42 bits per heavy atom. The van der Waals surface area contributed by atoms with Crippen molar-refractivity contribution in [3.05, 3.63) is 40.9 Å². The van der Waals surface area contributed by atoms with E-state index in [1.807, 2.05) is 26.1 Å². The van der Waals surface area contributed by atoms with Gasteiger partial charge in [0.15, 0.2) is 4.34 Å². The van der Waals surface area contributed by atoms with E-state index in [1.165, 1.54) is 5.56 Å². The van der Waals surface area contributed by atoms with Crippen molar-refractivity contribution < 1.29 is 4.74 Å². The molecule has 2 heterocycles. The van der Waals surface area contributed by atoms with E-state index in [9.17, 15) is 0 Å². The van der Waals surface area contributed by atoms with Crippen LogP contribution in [0.15, 0.2) is 34.0 Å². The molecule has 2 aromatic rings. The van der Waals surface area contributed by atoms with Gasteiger partial charge in [-0.1, -0.05) is 30.0 Å². The van der Waals surface area contributed by atoms with E-state index in [2.05, 4.69) is 27.8 Å². The third kappa shape index (κ3) is 2.63. The van der Waals surface area contributed by atoms with Gasteiger partial charge in [-0.3, -0.25) is 0 Å². The number of thiazole rings is 1. The average molecular weight is 292 g/mol. The zero-order valence-electron chi connectivity index (χ0n) is 10.9. The molecule has 5 heteroatoms. The second-order valence-electron chi connectivity index (χ2n) is 4.53. The van der Waals surface area contributed by atoms with Gasteiger partial charge in [0.25, 0.3) is 0 Å². The molecule has 19 heavy (non-hydrogen) atoms. The normalized spacial score (nSPS) is 21.8. The summed E-state index contributed by atoms with van der Waals surface area (Å²) in [5.74, 6) is 0.994. The molecule has 0 spiro atoms. The second-order valence-corrected chi connectivity index (χ2v) is 6.87. The SMILES string of the molecule is CNC1c2ccccc2OCC1Sc1nc(C)cs1. The van der Waals surface area contributed by atoms with Gasteiger partial charge in [0.05, 0.1) is 11.3 Å². The van der Waals surface area contributed by atoms with E-state index in [4.69, 9.17) is 4.74 Å². The first-order valence-electron chi connectivity index (χ1n) is 6.25. The smallest absolute Gasteiger partial charge is 0.150 e. The lowest BCUT2D eigenvalue weighted by atomic mass is 10.0. The number of nitrogens with one attached hydrogen (secondary N) is 1. The highest BCUT2D eigenvalue weighted by Crippen LogP contribution is 2.40.